The maximum Gasteiger partial charge on any atom is 0.238 e. The number of hydrogen-bond acceptors (Lipinski definition) is 3. The van der Waals surface area contributed by atoms with Crippen LogP contribution in [-0.2, 0) is 9.53 Å². The minimum absolute atomic E-state index is 0.0868. The lowest BCUT2D eigenvalue weighted by atomic mass is 10.2. The van der Waals surface area contributed by atoms with Gasteiger partial charge in [0.2, 0.25) is 5.91 Å². The van der Waals surface area contributed by atoms with Gasteiger partial charge in [0, 0.05) is 19.6 Å². The van der Waals surface area contributed by atoms with Crippen molar-refractivity contribution in [3.05, 3.63) is 0 Å². The molecule has 1 atom stereocenters. The SMILES string of the molecule is CCC(=O)NNC(=S)NC[C@H]1CCCO1. The molecule has 0 aliphatic carbocycles. The summed E-state index contributed by atoms with van der Waals surface area (Å²) in [7, 11) is 0. The van der Waals surface area contributed by atoms with Gasteiger partial charge >= 0.3 is 0 Å². The minimum atomic E-state index is -0.0868. The number of thiocarbonyl (C=S) groups is 1. The predicted molar refractivity (Wildman–Crippen MR) is 61.1 cm³/mol. The van der Waals surface area contributed by atoms with Gasteiger partial charge in [-0.1, -0.05) is 6.92 Å². The van der Waals surface area contributed by atoms with E-state index < -0.39 is 0 Å². The van der Waals surface area contributed by atoms with Gasteiger partial charge in [-0.05, 0) is 25.1 Å². The molecule has 0 bridgehead atoms. The lowest BCUT2D eigenvalue weighted by molar-refractivity contribution is -0.121. The fraction of sp³-hybridized carbons (Fsp3) is 0.778. The van der Waals surface area contributed by atoms with E-state index in [1.807, 2.05) is 0 Å². The van der Waals surface area contributed by atoms with Crippen LogP contribution < -0.4 is 16.2 Å². The molecule has 0 unspecified atom stereocenters. The molecule has 1 fully saturated rings. The third-order valence-corrected chi connectivity index (χ3v) is 2.40. The monoisotopic (exact) mass is 231 g/mol. The number of carbonyl (C=O) groups excluding carboxylic acids is 1. The maximum absolute atomic E-state index is 10.9. The number of rotatable bonds is 3. The van der Waals surface area contributed by atoms with Crippen LogP contribution in [0, 0.1) is 0 Å². The summed E-state index contributed by atoms with van der Waals surface area (Å²) >= 11 is 4.96. The second-order valence-electron chi connectivity index (χ2n) is 3.37. The number of carbonyl (C=O) groups is 1. The molecular weight excluding hydrogens is 214 g/mol. The van der Waals surface area contributed by atoms with Crippen LogP contribution in [0.3, 0.4) is 0 Å². The van der Waals surface area contributed by atoms with E-state index in [9.17, 15) is 4.79 Å². The van der Waals surface area contributed by atoms with Crippen molar-refractivity contribution in [3.63, 3.8) is 0 Å². The first-order valence-corrected chi connectivity index (χ1v) is 5.57. The second kappa shape index (κ2) is 6.58. The van der Waals surface area contributed by atoms with E-state index in [2.05, 4.69) is 16.2 Å². The molecule has 3 N–H and O–H groups in total. The van der Waals surface area contributed by atoms with Crippen LogP contribution in [0.5, 0.6) is 0 Å². The Hall–Kier alpha value is -0.880. The lowest BCUT2D eigenvalue weighted by Crippen LogP contribution is -2.48. The number of amides is 1. The summed E-state index contributed by atoms with van der Waals surface area (Å²) < 4.78 is 5.41. The normalized spacial score (nSPS) is 19.7. The molecule has 1 amide bonds. The highest BCUT2D eigenvalue weighted by molar-refractivity contribution is 7.80. The smallest absolute Gasteiger partial charge is 0.238 e. The van der Waals surface area contributed by atoms with Crippen molar-refractivity contribution in [1.82, 2.24) is 16.2 Å². The van der Waals surface area contributed by atoms with E-state index in [4.69, 9.17) is 17.0 Å². The van der Waals surface area contributed by atoms with Crippen LogP contribution in [0.1, 0.15) is 26.2 Å². The fourth-order valence-corrected chi connectivity index (χ4v) is 1.41. The van der Waals surface area contributed by atoms with Gasteiger partial charge in [0.25, 0.3) is 0 Å². The first-order chi connectivity index (χ1) is 7.22. The topological polar surface area (TPSA) is 62.4 Å². The van der Waals surface area contributed by atoms with Gasteiger partial charge in [-0.2, -0.15) is 0 Å². The molecule has 0 aromatic rings. The Morgan fingerprint density at radius 3 is 2.93 bits per heavy atom. The first kappa shape index (κ1) is 12.2. The Morgan fingerprint density at radius 1 is 1.53 bits per heavy atom. The number of nitrogens with one attached hydrogen (secondary N) is 3. The number of ether oxygens (including phenoxy) is 1. The zero-order chi connectivity index (χ0) is 11.1. The standard InChI is InChI=1S/C9H17N3O2S/c1-2-8(13)11-12-9(15)10-6-7-4-3-5-14-7/h7H,2-6H2,1H3,(H,11,13)(H2,10,12,15)/t7-/m1/s1. The lowest BCUT2D eigenvalue weighted by Gasteiger charge is -2.14. The van der Waals surface area contributed by atoms with E-state index in [0.717, 1.165) is 19.4 Å². The van der Waals surface area contributed by atoms with Crippen LogP contribution in [0.25, 0.3) is 0 Å². The molecule has 1 rings (SSSR count). The zero-order valence-corrected chi connectivity index (χ0v) is 9.65. The van der Waals surface area contributed by atoms with E-state index in [1.165, 1.54) is 0 Å². The third-order valence-electron chi connectivity index (χ3n) is 2.15. The maximum atomic E-state index is 10.9. The van der Waals surface area contributed by atoms with Crippen LogP contribution in [0.4, 0.5) is 0 Å². The average molecular weight is 231 g/mol. The summed E-state index contributed by atoms with van der Waals surface area (Å²) in [5, 5.41) is 3.41. The van der Waals surface area contributed by atoms with Gasteiger partial charge in [-0.15, -0.1) is 0 Å². The molecular formula is C9H17N3O2S. The van der Waals surface area contributed by atoms with Gasteiger partial charge in [0.1, 0.15) is 0 Å². The first-order valence-electron chi connectivity index (χ1n) is 5.16. The molecule has 1 aliphatic rings. The van der Waals surface area contributed by atoms with Gasteiger partial charge in [-0.3, -0.25) is 15.6 Å². The van der Waals surface area contributed by atoms with Gasteiger partial charge in [0.15, 0.2) is 5.11 Å². The molecule has 1 aliphatic heterocycles. The Morgan fingerprint density at radius 2 is 2.33 bits per heavy atom. The van der Waals surface area contributed by atoms with Crippen molar-refractivity contribution in [2.45, 2.75) is 32.3 Å². The van der Waals surface area contributed by atoms with Crippen molar-refractivity contribution >= 4 is 23.2 Å². The Labute approximate surface area is 94.9 Å². The molecule has 0 aromatic carbocycles. The van der Waals surface area contributed by atoms with Crippen LogP contribution >= 0.6 is 12.2 Å². The molecule has 0 spiro atoms. The highest BCUT2D eigenvalue weighted by atomic mass is 32.1. The van der Waals surface area contributed by atoms with Crippen LogP contribution in [0.2, 0.25) is 0 Å². The molecule has 1 heterocycles. The summed E-state index contributed by atoms with van der Waals surface area (Å²) in [6.07, 6.45) is 2.85. The number of hydrogen-bond donors (Lipinski definition) is 3. The highest BCUT2D eigenvalue weighted by Crippen LogP contribution is 2.10. The molecule has 5 nitrogen and oxygen atoms in total. The van der Waals surface area contributed by atoms with E-state index in [0.29, 0.717) is 18.1 Å². The van der Waals surface area contributed by atoms with Crippen molar-refractivity contribution in [2.24, 2.45) is 0 Å². The Bertz CT molecular complexity index is 229. The quantitative estimate of drug-likeness (QED) is 0.474. The molecule has 1 saturated heterocycles. The molecule has 6 heteroatoms. The van der Waals surface area contributed by atoms with Crippen LogP contribution in [-0.4, -0.2) is 30.3 Å². The van der Waals surface area contributed by atoms with E-state index in [1.54, 1.807) is 6.92 Å². The van der Waals surface area contributed by atoms with Crippen molar-refractivity contribution in [3.8, 4) is 0 Å². The third kappa shape index (κ3) is 4.94. The van der Waals surface area contributed by atoms with Gasteiger partial charge in [-0.25, -0.2) is 0 Å². The van der Waals surface area contributed by atoms with Crippen molar-refractivity contribution < 1.29 is 9.53 Å². The number of hydrazine groups is 1. The average Bonchev–Trinajstić information content (AvgIpc) is 2.75. The molecule has 86 valence electrons. The summed E-state index contributed by atoms with van der Waals surface area (Å²) in [5.41, 5.74) is 5.10. The van der Waals surface area contributed by atoms with Crippen molar-refractivity contribution in [2.75, 3.05) is 13.2 Å². The highest BCUT2D eigenvalue weighted by Gasteiger charge is 2.15. The Kier molecular flexibility index (Phi) is 5.34. The van der Waals surface area contributed by atoms with Gasteiger partial charge in [0.05, 0.1) is 6.10 Å². The minimum Gasteiger partial charge on any atom is -0.376 e. The van der Waals surface area contributed by atoms with Crippen molar-refractivity contribution in [1.29, 1.82) is 0 Å². The summed E-state index contributed by atoms with van der Waals surface area (Å²) in [4.78, 5) is 10.9. The molecule has 0 radical (unpaired) electrons. The molecule has 15 heavy (non-hydrogen) atoms. The molecule has 0 saturated carbocycles. The zero-order valence-electron chi connectivity index (χ0n) is 8.84. The largest absolute Gasteiger partial charge is 0.376 e. The summed E-state index contributed by atoms with van der Waals surface area (Å²) in [6, 6.07) is 0. The van der Waals surface area contributed by atoms with E-state index in [-0.39, 0.29) is 12.0 Å². The second-order valence-corrected chi connectivity index (χ2v) is 3.78. The predicted octanol–water partition coefficient (Wildman–Crippen LogP) is 0.0707. The van der Waals surface area contributed by atoms with Gasteiger partial charge < -0.3 is 10.1 Å². The van der Waals surface area contributed by atoms with Crippen LogP contribution in [0.15, 0.2) is 0 Å². The van der Waals surface area contributed by atoms with E-state index >= 15 is 0 Å². The summed E-state index contributed by atoms with van der Waals surface area (Å²) in [5.74, 6) is -0.0868. The molecule has 0 aromatic heterocycles. The fourth-order valence-electron chi connectivity index (χ4n) is 1.27. The summed E-state index contributed by atoms with van der Waals surface area (Å²) in [6.45, 7) is 3.30. The Balaban J connectivity index is 2.05.